The highest BCUT2D eigenvalue weighted by atomic mass is 127. The van der Waals surface area contributed by atoms with E-state index in [0.29, 0.717) is 10.8 Å². The molecule has 1 aromatic carbocycles. The molecule has 0 aliphatic carbocycles. The van der Waals surface area contributed by atoms with Crippen LogP contribution in [0.25, 0.3) is 10.9 Å². The lowest BCUT2D eigenvalue weighted by molar-refractivity contribution is 0.420. The van der Waals surface area contributed by atoms with Crippen molar-refractivity contribution >= 4 is 45.1 Å². The van der Waals surface area contributed by atoms with E-state index in [9.17, 15) is 0 Å². The largest absolute Gasteiger partial charge is 0.494 e. The van der Waals surface area contributed by atoms with Crippen LogP contribution in [0.4, 0.5) is 0 Å². The lowest BCUT2D eigenvalue weighted by Crippen LogP contribution is -1.85. The van der Waals surface area contributed by atoms with Crippen molar-refractivity contribution in [2.45, 2.75) is 0 Å². The van der Waals surface area contributed by atoms with Gasteiger partial charge in [0, 0.05) is 0 Å². The van der Waals surface area contributed by atoms with Gasteiger partial charge in [0.1, 0.15) is 9.45 Å². The fraction of sp³-hybridized carbons (Fsp3) is 0.125. The maximum Gasteiger partial charge on any atom is 0.149 e. The molecule has 0 spiro atoms. The van der Waals surface area contributed by atoms with Gasteiger partial charge in [-0.25, -0.2) is 0 Å². The zero-order valence-corrected chi connectivity index (χ0v) is 9.68. The van der Waals surface area contributed by atoms with Crippen LogP contribution < -0.4 is 4.74 Å². The molecular weight excluding hydrogens is 302 g/mol. The summed E-state index contributed by atoms with van der Waals surface area (Å²) >= 11 is 8.12. The number of benzene rings is 1. The summed E-state index contributed by atoms with van der Waals surface area (Å²) < 4.78 is 6.14. The standard InChI is InChI=1S/C8H6ClIN2O/c1-13-7-4(9)2-3-5-6(7)8(10)12-11-5/h2-3H,1H3,(H,11,12). The van der Waals surface area contributed by atoms with Crippen LogP contribution in [0.3, 0.4) is 0 Å². The topological polar surface area (TPSA) is 37.9 Å². The smallest absolute Gasteiger partial charge is 0.149 e. The molecule has 0 aliphatic heterocycles. The predicted molar refractivity (Wildman–Crippen MR) is 60.4 cm³/mol. The number of hydrogen-bond donors (Lipinski definition) is 1. The molecule has 1 N–H and O–H groups in total. The maximum atomic E-state index is 5.96. The van der Waals surface area contributed by atoms with E-state index < -0.39 is 0 Å². The number of nitrogens with one attached hydrogen (secondary N) is 1. The molecule has 0 saturated heterocycles. The van der Waals surface area contributed by atoms with Crippen molar-refractivity contribution in [2.75, 3.05) is 7.11 Å². The number of ether oxygens (including phenoxy) is 1. The van der Waals surface area contributed by atoms with Crippen LogP contribution in [0.1, 0.15) is 0 Å². The second-order valence-corrected chi connectivity index (χ2v) is 4.00. The molecule has 0 unspecified atom stereocenters. The Bertz CT molecular complexity index is 455. The molecule has 0 atom stereocenters. The fourth-order valence-electron chi connectivity index (χ4n) is 1.22. The molecule has 0 amide bonds. The van der Waals surface area contributed by atoms with Gasteiger partial charge in [-0.1, -0.05) is 11.6 Å². The van der Waals surface area contributed by atoms with E-state index >= 15 is 0 Å². The predicted octanol–water partition coefficient (Wildman–Crippen LogP) is 2.83. The van der Waals surface area contributed by atoms with E-state index in [-0.39, 0.29) is 0 Å². The van der Waals surface area contributed by atoms with Crippen LogP contribution in [-0.4, -0.2) is 17.3 Å². The average Bonchev–Trinajstić information content (AvgIpc) is 2.49. The van der Waals surface area contributed by atoms with Gasteiger partial charge in [-0.3, -0.25) is 5.10 Å². The molecule has 5 heteroatoms. The number of fused-ring (bicyclic) bond motifs is 1. The van der Waals surface area contributed by atoms with Gasteiger partial charge >= 0.3 is 0 Å². The van der Waals surface area contributed by atoms with Gasteiger partial charge in [0.2, 0.25) is 0 Å². The number of halogens is 2. The fourth-order valence-corrected chi connectivity index (χ4v) is 2.09. The highest BCUT2D eigenvalue weighted by molar-refractivity contribution is 14.1. The number of nitrogens with zero attached hydrogens (tertiary/aromatic N) is 1. The van der Waals surface area contributed by atoms with E-state index in [2.05, 4.69) is 32.8 Å². The van der Waals surface area contributed by atoms with Crippen LogP contribution in [-0.2, 0) is 0 Å². The number of aromatic nitrogens is 2. The number of H-pyrrole nitrogens is 1. The van der Waals surface area contributed by atoms with Crippen molar-refractivity contribution in [3.8, 4) is 5.75 Å². The molecule has 1 heterocycles. The van der Waals surface area contributed by atoms with Crippen LogP contribution >= 0.6 is 34.2 Å². The van der Waals surface area contributed by atoms with Crippen LogP contribution in [0.15, 0.2) is 12.1 Å². The minimum atomic E-state index is 0.606. The Labute approximate surface area is 93.6 Å². The Morgan fingerprint density at radius 2 is 2.31 bits per heavy atom. The van der Waals surface area contributed by atoms with Gasteiger partial charge in [0.15, 0.2) is 0 Å². The first-order valence-corrected chi connectivity index (χ1v) is 5.05. The summed E-state index contributed by atoms with van der Waals surface area (Å²) in [5.74, 6) is 0.678. The molecule has 3 nitrogen and oxygen atoms in total. The Balaban J connectivity index is 2.88. The Morgan fingerprint density at radius 1 is 1.54 bits per heavy atom. The van der Waals surface area contributed by atoms with E-state index in [4.69, 9.17) is 16.3 Å². The summed E-state index contributed by atoms with van der Waals surface area (Å²) in [6.07, 6.45) is 0. The van der Waals surface area contributed by atoms with Crippen molar-refractivity contribution in [1.82, 2.24) is 10.2 Å². The Kier molecular flexibility index (Phi) is 2.33. The lowest BCUT2D eigenvalue weighted by atomic mass is 10.2. The number of hydrogen-bond acceptors (Lipinski definition) is 2. The maximum absolute atomic E-state index is 5.96. The number of aromatic amines is 1. The van der Waals surface area contributed by atoms with Gasteiger partial charge in [0.25, 0.3) is 0 Å². The monoisotopic (exact) mass is 308 g/mol. The molecule has 2 aromatic rings. The minimum Gasteiger partial charge on any atom is -0.494 e. The molecule has 0 radical (unpaired) electrons. The number of methoxy groups -OCH3 is 1. The first-order chi connectivity index (χ1) is 6.24. The molecule has 0 bridgehead atoms. The van der Waals surface area contributed by atoms with Gasteiger partial charge in [-0.15, -0.1) is 0 Å². The molecular formula is C8H6ClIN2O. The summed E-state index contributed by atoms with van der Waals surface area (Å²) in [5, 5.41) is 8.52. The highest BCUT2D eigenvalue weighted by Gasteiger charge is 2.11. The first kappa shape index (κ1) is 9.08. The molecule has 0 aliphatic rings. The van der Waals surface area contributed by atoms with Crippen molar-refractivity contribution in [2.24, 2.45) is 0 Å². The summed E-state index contributed by atoms with van der Waals surface area (Å²) in [5.41, 5.74) is 0.866. The third-order valence-corrected chi connectivity index (χ3v) is 2.86. The van der Waals surface area contributed by atoms with Gasteiger partial charge in [-0.2, -0.15) is 5.10 Å². The van der Waals surface area contributed by atoms with Crippen molar-refractivity contribution in [3.63, 3.8) is 0 Å². The average molecular weight is 309 g/mol. The Morgan fingerprint density at radius 3 is 3.00 bits per heavy atom. The van der Waals surface area contributed by atoms with Gasteiger partial charge in [0.05, 0.1) is 23.0 Å². The van der Waals surface area contributed by atoms with E-state index in [0.717, 1.165) is 14.6 Å². The Hall–Kier alpha value is -0.490. The zero-order chi connectivity index (χ0) is 9.42. The van der Waals surface area contributed by atoms with E-state index in [1.165, 1.54) is 0 Å². The van der Waals surface area contributed by atoms with Crippen LogP contribution in [0.5, 0.6) is 5.75 Å². The third-order valence-electron chi connectivity index (χ3n) is 1.79. The van der Waals surface area contributed by atoms with Crippen molar-refractivity contribution < 1.29 is 4.74 Å². The molecule has 13 heavy (non-hydrogen) atoms. The minimum absolute atomic E-state index is 0.606. The van der Waals surface area contributed by atoms with E-state index in [1.807, 2.05) is 6.07 Å². The second-order valence-electron chi connectivity index (χ2n) is 2.51. The first-order valence-electron chi connectivity index (χ1n) is 3.60. The SMILES string of the molecule is COc1c(Cl)ccc2n[nH]c(I)c12. The highest BCUT2D eigenvalue weighted by Crippen LogP contribution is 2.34. The number of rotatable bonds is 1. The van der Waals surface area contributed by atoms with Gasteiger partial charge in [-0.05, 0) is 34.7 Å². The lowest BCUT2D eigenvalue weighted by Gasteiger charge is -2.03. The molecule has 68 valence electrons. The summed E-state index contributed by atoms with van der Waals surface area (Å²) in [4.78, 5) is 0. The molecule has 1 aromatic heterocycles. The molecule has 0 saturated carbocycles. The quantitative estimate of drug-likeness (QED) is 0.823. The second kappa shape index (κ2) is 3.34. The van der Waals surface area contributed by atoms with Crippen molar-refractivity contribution in [1.29, 1.82) is 0 Å². The zero-order valence-electron chi connectivity index (χ0n) is 6.77. The summed E-state index contributed by atoms with van der Waals surface area (Å²) in [6, 6.07) is 3.64. The third kappa shape index (κ3) is 1.38. The van der Waals surface area contributed by atoms with Crippen LogP contribution in [0.2, 0.25) is 5.02 Å². The molecule has 2 rings (SSSR count). The molecule has 0 fully saturated rings. The van der Waals surface area contributed by atoms with E-state index in [1.54, 1.807) is 13.2 Å². The van der Waals surface area contributed by atoms with Crippen LogP contribution in [0, 0.1) is 3.70 Å². The van der Waals surface area contributed by atoms with Crippen molar-refractivity contribution in [3.05, 3.63) is 20.9 Å². The normalized spacial score (nSPS) is 10.7. The summed E-state index contributed by atoms with van der Waals surface area (Å²) in [6.45, 7) is 0. The van der Waals surface area contributed by atoms with Gasteiger partial charge < -0.3 is 4.74 Å². The summed E-state index contributed by atoms with van der Waals surface area (Å²) in [7, 11) is 1.60.